The number of aryl methyl sites for hydroxylation is 3. The summed E-state index contributed by atoms with van der Waals surface area (Å²) in [5, 5.41) is 2.27. The lowest BCUT2D eigenvalue weighted by molar-refractivity contribution is 0.410. The van der Waals surface area contributed by atoms with E-state index in [1.165, 1.54) is 33.4 Å². The smallest absolute Gasteiger partial charge is 0.144 e. The van der Waals surface area contributed by atoms with Gasteiger partial charge in [0.1, 0.15) is 11.2 Å². The van der Waals surface area contributed by atoms with E-state index >= 15 is 0 Å². The molecular formula is C31H31NO. The predicted octanol–water partition coefficient (Wildman–Crippen LogP) is 8.83. The zero-order valence-electron chi connectivity index (χ0n) is 20.4. The van der Waals surface area contributed by atoms with Crippen LogP contribution in [0.15, 0.2) is 71.3 Å². The van der Waals surface area contributed by atoms with Gasteiger partial charge in [0.15, 0.2) is 0 Å². The van der Waals surface area contributed by atoms with E-state index in [1.807, 2.05) is 6.20 Å². The Morgan fingerprint density at radius 3 is 2.27 bits per heavy atom. The quantitative estimate of drug-likeness (QED) is 0.284. The van der Waals surface area contributed by atoms with Gasteiger partial charge in [-0.1, -0.05) is 68.3 Å². The Morgan fingerprint density at radius 2 is 1.55 bits per heavy atom. The highest BCUT2D eigenvalue weighted by atomic mass is 16.3. The van der Waals surface area contributed by atoms with Gasteiger partial charge in [-0.05, 0) is 79.1 Å². The second kappa shape index (κ2) is 7.88. The molecule has 0 aliphatic heterocycles. The molecule has 166 valence electrons. The highest BCUT2D eigenvalue weighted by molar-refractivity contribution is 6.10. The molecular weight excluding hydrogens is 402 g/mol. The molecule has 0 saturated carbocycles. The van der Waals surface area contributed by atoms with Crippen LogP contribution in [0.4, 0.5) is 0 Å². The number of para-hydroxylation sites is 1. The van der Waals surface area contributed by atoms with E-state index in [9.17, 15) is 0 Å². The highest BCUT2D eigenvalue weighted by Gasteiger charge is 2.17. The number of furan rings is 1. The Hall–Kier alpha value is -3.39. The van der Waals surface area contributed by atoms with Gasteiger partial charge >= 0.3 is 0 Å². The van der Waals surface area contributed by atoms with Crippen molar-refractivity contribution in [2.45, 2.75) is 48.0 Å². The summed E-state index contributed by atoms with van der Waals surface area (Å²) in [4.78, 5) is 4.78. The molecule has 0 N–H and O–H groups in total. The molecule has 5 rings (SSSR count). The van der Waals surface area contributed by atoms with Crippen molar-refractivity contribution in [1.29, 1.82) is 0 Å². The Balaban J connectivity index is 1.65. The lowest BCUT2D eigenvalue weighted by Crippen LogP contribution is -2.10. The molecule has 2 aromatic heterocycles. The van der Waals surface area contributed by atoms with E-state index in [2.05, 4.69) is 102 Å². The first-order chi connectivity index (χ1) is 15.7. The zero-order valence-corrected chi connectivity index (χ0v) is 20.4. The zero-order chi connectivity index (χ0) is 23.3. The molecule has 3 aromatic carbocycles. The molecule has 0 amide bonds. The summed E-state index contributed by atoms with van der Waals surface area (Å²) in [7, 11) is 0. The van der Waals surface area contributed by atoms with E-state index in [0.717, 1.165) is 39.6 Å². The number of hydrogen-bond donors (Lipinski definition) is 0. The van der Waals surface area contributed by atoms with Crippen LogP contribution in [0, 0.1) is 26.2 Å². The summed E-state index contributed by atoms with van der Waals surface area (Å²) in [6.45, 7) is 13.3. The average Bonchev–Trinajstić information content (AvgIpc) is 3.11. The van der Waals surface area contributed by atoms with E-state index in [0.29, 0.717) is 0 Å². The molecule has 0 saturated heterocycles. The van der Waals surface area contributed by atoms with Crippen molar-refractivity contribution in [3.63, 3.8) is 0 Å². The molecule has 0 aliphatic carbocycles. The lowest BCUT2D eigenvalue weighted by atomic mass is 9.86. The van der Waals surface area contributed by atoms with Gasteiger partial charge in [0.05, 0.1) is 5.69 Å². The lowest BCUT2D eigenvalue weighted by Gasteiger charge is -2.20. The summed E-state index contributed by atoms with van der Waals surface area (Å²) in [6.07, 6.45) is 3.01. The molecule has 0 atom stereocenters. The van der Waals surface area contributed by atoms with Crippen molar-refractivity contribution in [3.8, 4) is 22.4 Å². The largest absolute Gasteiger partial charge is 0.455 e. The average molecular weight is 434 g/mol. The summed E-state index contributed by atoms with van der Waals surface area (Å²) in [5.41, 5.74) is 11.6. The van der Waals surface area contributed by atoms with Gasteiger partial charge in [0.25, 0.3) is 0 Å². The minimum atomic E-state index is 0.222. The Morgan fingerprint density at radius 1 is 0.788 bits per heavy atom. The first-order valence-corrected chi connectivity index (χ1v) is 11.7. The normalized spacial score (nSPS) is 12.1. The van der Waals surface area contributed by atoms with Crippen molar-refractivity contribution < 1.29 is 4.42 Å². The molecule has 0 aliphatic rings. The van der Waals surface area contributed by atoms with Crippen molar-refractivity contribution in [1.82, 2.24) is 4.98 Å². The maximum absolute atomic E-state index is 6.49. The van der Waals surface area contributed by atoms with Crippen LogP contribution in [-0.2, 0) is 6.42 Å². The number of rotatable bonds is 3. The molecule has 0 spiro atoms. The van der Waals surface area contributed by atoms with Crippen LogP contribution in [-0.4, -0.2) is 4.98 Å². The molecule has 33 heavy (non-hydrogen) atoms. The molecule has 2 nitrogen and oxygen atoms in total. The minimum Gasteiger partial charge on any atom is -0.455 e. The number of hydrogen-bond acceptors (Lipinski definition) is 2. The van der Waals surface area contributed by atoms with Gasteiger partial charge < -0.3 is 4.42 Å². The molecule has 0 unspecified atom stereocenters. The van der Waals surface area contributed by atoms with Gasteiger partial charge in [-0.25, -0.2) is 0 Å². The molecule has 0 bridgehead atoms. The molecule has 5 aromatic rings. The SMILES string of the molecule is Cc1cc(C)cc(-c2ccc3c(c2)oc2c(-c4cc(CC(C)(C)C)c(C)cn4)cccc23)c1. The summed E-state index contributed by atoms with van der Waals surface area (Å²) in [5.74, 6) is 0. The van der Waals surface area contributed by atoms with E-state index < -0.39 is 0 Å². The van der Waals surface area contributed by atoms with Crippen molar-refractivity contribution in [2.24, 2.45) is 5.41 Å². The van der Waals surface area contributed by atoms with Crippen molar-refractivity contribution in [2.75, 3.05) is 0 Å². The molecule has 2 heteroatoms. The van der Waals surface area contributed by atoms with Gasteiger partial charge in [-0.3, -0.25) is 4.98 Å². The van der Waals surface area contributed by atoms with Crippen LogP contribution in [0.5, 0.6) is 0 Å². The van der Waals surface area contributed by atoms with E-state index in [4.69, 9.17) is 9.40 Å². The molecule has 2 heterocycles. The van der Waals surface area contributed by atoms with Crippen LogP contribution < -0.4 is 0 Å². The van der Waals surface area contributed by atoms with E-state index in [1.54, 1.807) is 0 Å². The van der Waals surface area contributed by atoms with Gasteiger partial charge in [0, 0.05) is 22.5 Å². The van der Waals surface area contributed by atoms with Crippen LogP contribution in [0.3, 0.4) is 0 Å². The van der Waals surface area contributed by atoms with Crippen molar-refractivity contribution in [3.05, 3.63) is 89.1 Å². The predicted molar refractivity (Wildman–Crippen MR) is 140 cm³/mol. The standard InChI is InChI=1S/C31H31NO/c1-19-12-20(2)14-23(13-19)22-10-11-25-26-8-7-9-27(30(26)33-29(25)16-22)28-15-24(17-31(4,5)6)21(3)18-32-28/h7-16,18H,17H2,1-6H3. The minimum absolute atomic E-state index is 0.222. The maximum Gasteiger partial charge on any atom is 0.144 e. The molecule has 0 fully saturated rings. The third-order valence-electron chi connectivity index (χ3n) is 6.27. The highest BCUT2D eigenvalue weighted by Crippen LogP contribution is 2.37. The Labute approximate surface area is 196 Å². The first kappa shape index (κ1) is 21.5. The van der Waals surface area contributed by atoms with Gasteiger partial charge in [-0.15, -0.1) is 0 Å². The fourth-order valence-electron chi connectivity index (χ4n) is 4.80. The Kier molecular flexibility index (Phi) is 5.12. The van der Waals surface area contributed by atoms with Crippen LogP contribution in [0.2, 0.25) is 0 Å². The number of pyridine rings is 1. The van der Waals surface area contributed by atoms with Crippen LogP contribution in [0.25, 0.3) is 44.3 Å². The van der Waals surface area contributed by atoms with Crippen LogP contribution in [0.1, 0.15) is 43.0 Å². The second-order valence-electron chi connectivity index (χ2n) is 10.6. The van der Waals surface area contributed by atoms with Gasteiger partial charge in [0.2, 0.25) is 0 Å². The second-order valence-corrected chi connectivity index (χ2v) is 10.6. The summed E-state index contributed by atoms with van der Waals surface area (Å²) >= 11 is 0. The molecule has 0 radical (unpaired) electrons. The Bertz CT molecular complexity index is 1480. The number of fused-ring (bicyclic) bond motifs is 3. The monoisotopic (exact) mass is 433 g/mol. The summed E-state index contributed by atoms with van der Waals surface area (Å²) < 4.78 is 6.49. The number of benzene rings is 3. The van der Waals surface area contributed by atoms with E-state index in [-0.39, 0.29) is 5.41 Å². The number of nitrogens with zero attached hydrogens (tertiary/aromatic N) is 1. The fourth-order valence-corrected chi connectivity index (χ4v) is 4.80. The third kappa shape index (κ3) is 4.18. The topological polar surface area (TPSA) is 26.0 Å². The van der Waals surface area contributed by atoms with Gasteiger partial charge in [-0.2, -0.15) is 0 Å². The van der Waals surface area contributed by atoms with Crippen LogP contribution >= 0.6 is 0 Å². The summed E-state index contributed by atoms with van der Waals surface area (Å²) in [6, 6.07) is 21.8. The fraction of sp³-hybridized carbons (Fsp3) is 0.258. The third-order valence-corrected chi connectivity index (χ3v) is 6.27. The number of aromatic nitrogens is 1. The maximum atomic E-state index is 6.49. The first-order valence-electron chi connectivity index (χ1n) is 11.7. The van der Waals surface area contributed by atoms with Crippen molar-refractivity contribution >= 4 is 21.9 Å².